The first-order chi connectivity index (χ1) is 13.1. The van der Waals surface area contributed by atoms with Gasteiger partial charge in [-0.05, 0) is 37.0 Å². The number of rotatable bonds is 6. The number of ether oxygens (including phenoxy) is 2. The van der Waals surface area contributed by atoms with Crippen LogP contribution in [0.15, 0.2) is 24.3 Å². The topological polar surface area (TPSA) is 76.7 Å². The second kappa shape index (κ2) is 9.33. The molecule has 6 heteroatoms. The molecule has 0 aromatic heterocycles. The van der Waals surface area contributed by atoms with Crippen molar-refractivity contribution in [2.24, 2.45) is 5.92 Å². The number of amides is 2. The molecule has 1 aromatic carbocycles. The number of methoxy groups -OCH3 is 1. The van der Waals surface area contributed by atoms with Gasteiger partial charge in [-0.25, -0.2) is 0 Å². The zero-order chi connectivity index (χ0) is 19.2. The van der Waals surface area contributed by atoms with E-state index in [4.69, 9.17) is 9.47 Å². The highest BCUT2D eigenvalue weighted by Gasteiger charge is 2.40. The lowest BCUT2D eigenvalue weighted by Gasteiger charge is -2.45. The van der Waals surface area contributed by atoms with E-state index in [1.165, 1.54) is 19.8 Å². The number of benzene rings is 1. The van der Waals surface area contributed by atoms with Gasteiger partial charge in [0.1, 0.15) is 0 Å². The van der Waals surface area contributed by atoms with Crippen LogP contribution in [0.1, 0.15) is 57.1 Å². The Bertz CT molecular complexity index is 646. The number of carbonyl (C=O) groups excluding carboxylic acids is 2. The fraction of sp³-hybridized carbons (Fsp3) is 0.619. The van der Waals surface area contributed by atoms with Gasteiger partial charge in [0.2, 0.25) is 11.8 Å². The van der Waals surface area contributed by atoms with Crippen LogP contribution in [0, 0.1) is 5.92 Å². The zero-order valence-electron chi connectivity index (χ0n) is 16.2. The molecule has 4 atom stereocenters. The van der Waals surface area contributed by atoms with Crippen molar-refractivity contribution in [3.63, 3.8) is 0 Å². The first-order valence-corrected chi connectivity index (χ1v) is 9.88. The number of hydrogen-bond donors (Lipinski definition) is 2. The number of fused-ring (bicyclic) bond motifs is 1. The van der Waals surface area contributed by atoms with Gasteiger partial charge in [0, 0.05) is 38.1 Å². The molecular weight excluding hydrogens is 344 g/mol. The molecule has 2 fully saturated rings. The minimum absolute atomic E-state index is 0.0385. The van der Waals surface area contributed by atoms with Gasteiger partial charge in [-0.15, -0.1) is 0 Å². The summed E-state index contributed by atoms with van der Waals surface area (Å²) in [4.78, 5) is 23.5. The SMILES string of the molecule is COCCC(=O)N[C@@H]1C[C@H](c2ccc(NC(C)=O)cc2)O[C@@H]2CCCC[C@@H]12. The Morgan fingerprint density at radius 1 is 1.19 bits per heavy atom. The average Bonchev–Trinajstić information content (AvgIpc) is 2.66. The number of hydrogen-bond acceptors (Lipinski definition) is 4. The summed E-state index contributed by atoms with van der Waals surface area (Å²) < 4.78 is 11.4. The molecule has 2 N–H and O–H groups in total. The molecule has 1 saturated carbocycles. The van der Waals surface area contributed by atoms with Crippen LogP contribution in [0.4, 0.5) is 5.69 Å². The molecule has 0 radical (unpaired) electrons. The summed E-state index contributed by atoms with van der Waals surface area (Å²) in [5, 5.41) is 6.02. The summed E-state index contributed by atoms with van der Waals surface area (Å²) in [5.41, 5.74) is 1.87. The Morgan fingerprint density at radius 3 is 2.63 bits per heavy atom. The largest absolute Gasteiger partial charge is 0.384 e. The van der Waals surface area contributed by atoms with Gasteiger partial charge in [0.15, 0.2) is 0 Å². The van der Waals surface area contributed by atoms with Crippen molar-refractivity contribution < 1.29 is 19.1 Å². The van der Waals surface area contributed by atoms with Crippen LogP contribution in [-0.2, 0) is 19.1 Å². The maximum absolute atomic E-state index is 12.3. The summed E-state index contributed by atoms with van der Waals surface area (Å²) >= 11 is 0. The van der Waals surface area contributed by atoms with E-state index in [0.717, 1.165) is 30.5 Å². The van der Waals surface area contributed by atoms with Gasteiger partial charge in [-0.2, -0.15) is 0 Å². The Morgan fingerprint density at radius 2 is 1.93 bits per heavy atom. The molecule has 2 amide bonds. The third kappa shape index (κ3) is 5.30. The van der Waals surface area contributed by atoms with E-state index in [1.54, 1.807) is 7.11 Å². The van der Waals surface area contributed by atoms with Crippen LogP contribution in [0.2, 0.25) is 0 Å². The lowest BCUT2D eigenvalue weighted by Crippen LogP contribution is -2.51. The van der Waals surface area contributed by atoms with E-state index in [2.05, 4.69) is 10.6 Å². The third-order valence-electron chi connectivity index (χ3n) is 5.56. The molecule has 3 rings (SSSR count). The highest BCUT2D eigenvalue weighted by molar-refractivity contribution is 5.88. The number of anilines is 1. The summed E-state index contributed by atoms with van der Waals surface area (Å²) in [6, 6.07) is 7.94. The van der Waals surface area contributed by atoms with Gasteiger partial charge in [0.25, 0.3) is 0 Å². The predicted octanol–water partition coefficient (Wildman–Crippen LogP) is 3.19. The van der Waals surface area contributed by atoms with E-state index in [1.807, 2.05) is 24.3 Å². The van der Waals surface area contributed by atoms with Crippen LogP contribution < -0.4 is 10.6 Å². The van der Waals surface area contributed by atoms with Gasteiger partial charge in [-0.1, -0.05) is 25.0 Å². The van der Waals surface area contributed by atoms with E-state index in [9.17, 15) is 9.59 Å². The minimum atomic E-state index is -0.0828. The molecule has 0 spiro atoms. The molecule has 1 aromatic rings. The Hall–Kier alpha value is -1.92. The highest BCUT2D eigenvalue weighted by atomic mass is 16.5. The molecule has 27 heavy (non-hydrogen) atoms. The van der Waals surface area contributed by atoms with Crippen LogP contribution in [-0.4, -0.2) is 37.7 Å². The average molecular weight is 374 g/mol. The first kappa shape index (κ1) is 19.8. The van der Waals surface area contributed by atoms with Crippen molar-refractivity contribution in [3.8, 4) is 0 Å². The monoisotopic (exact) mass is 374 g/mol. The van der Waals surface area contributed by atoms with Crippen LogP contribution in [0.5, 0.6) is 0 Å². The maximum Gasteiger partial charge on any atom is 0.222 e. The summed E-state index contributed by atoms with van der Waals surface area (Å²) in [5.74, 6) is 0.355. The van der Waals surface area contributed by atoms with Crippen LogP contribution in [0.3, 0.4) is 0 Å². The lowest BCUT2D eigenvalue weighted by atomic mass is 9.76. The quantitative estimate of drug-likeness (QED) is 0.802. The van der Waals surface area contributed by atoms with Gasteiger partial charge in [0.05, 0.1) is 18.8 Å². The zero-order valence-corrected chi connectivity index (χ0v) is 16.2. The van der Waals surface area contributed by atoms with E-state index in [-0.39, 0.29) is 30.1 Å². The van der Waals surface area contributed by atoms with Gasteiger partial charge in [-0.3, -0.25) is 9.59 Å². The molecule has 1 aliphatic carbocycles. The fourth-order valence-corrected chi connectivity index (χ4v) is 4.27. The van der Waals surface area contributed by atoms with Crippen molar-refractivity contribution in [3.05, 3.63) is 29.8 Å². The second-order valence-corrected chi connectivity index (χ2v) is 7.57. The van der Waals surface area contributed by atoms with Crippen LogP contribution >= 0.6 is 0 Å². The Balaban J connectivity index is 1.70. The molecule has 1 heterocycles. The predicted molar refractivity (Wildman–Crippen MR) is 103 cm³/mol. The minimum Gasteiger partial charge on any atom is -0.384 e. The van der Waals surface area contributed by atoms with E-state index < -0.39 is 0 Å². The molecule has 1 aliphatic heterocycles. The Kier molecular flexibility index (Phi) is 6.85. The van der Waals surface area contributed by atoms with E-state index >= 15 is 0 Å². The standard InChI is InChI=1S/C21H30N2O4/c1-14(24)22-16-9-7-15(8-10-16)20-13-18(23-21(25)11-12-26-2)17-5-3-4-6-19(17)27-20/h7-10,17-20H,3-6,11-13H2,1-2H3,(H,22,24)(H,23,25)/t17-,18+,19+,20+/m0/s1. The van der Waals surface area contributed by atoms with Gasteiger partial charge < -0.3 is 20.1 Å². The summed E-state index contributed by atoms with van der Waals surface area (Å²) in [7, 11) is 1.61. The molecule has 0 bridgehead atoms. The fourth-order valence-electron chi connectivity index (χ4n) is 4.27. The Labute approximate surface area is 161 Å². The van der Waals surface area contributed by atoms with Crippen molar-refractivity contribution in [2.45, 2.75) is 63.7 Å². The normalized spacial score (nSPS) is 27.5. The second-order valence-electron chi connectivity index (χ2n) is 7.57. The van der Waals surface area contributed by atoms with Crippen molar-refractivity contribution in [1.29, 1.82) is 0 Å². The maximum atomic E-state index is 12.3. The number of nitrogens with one attached hydrogen (secondary N) is 2. The molecule has 1 saturated heterocycles. The molecular formula is C21H30N2O4. The highest BCUT2D eigenvalue weighted by Crippen LogP contribution is 2.41. The summed E-state index contributed by atoms with van der Waals surface area (Å²) in [6.45, 7) is 1.94. The van der Waals surface area contributed by atoms with Crippen molar-refractivity contribution in [2.75, 3.05) is 19.0 Å². The first-order valence-electron chi connectivity index (χ1n) is 9.88. The van der Waals surface area contributed by atoms with Crippen molar-refractivity contribution >= 4 is 17.5 Å². The smallest absolute Gasteiger partial charge is 0.222 e. The van der Waals surface area contributed by atoms with E-state index in [0.29, 0.717) is 18.9 Å². The third-order valence-corrected chi connectivity index (χ3v) is 5.56. The molecule has 6 nitrogen and oxygen atoms in total. The summed E-state index contributed by atoms with van der Waals surface area (Å²) in [6.07, 6.45) is 5.86. The van der Waals surface area contributed by atoms with Crippen LogP contribution in [0.25, 0.3) is 0 Å². The van der Waals surface area contributed by atoms with Gasteiger partial charge >= 0.3 is 0 Å². The number of carbonyl (C=O) groups is 2. The molecule has 0 unspecified atom stereocenters. The lowest BCUT2D eigenvalue weighted by molar-refractivity contribution is -0.133. The molecule has 2 aliphatic rings. The molecule has 148 valence electrons. The van der Waals surface area contributed by atoms with Crippen molar-refractivity contribution in [1.82, 2.24) is 5.32 Å².